The molecule has 0 aromatic heterocycles. The highest BCUT2D eigenvalue weighted by atomic mass is 19.1. The molecule has 0 radical (unpaired) electrons. The van der Waals surface area contributed by atoms with E-state index >= 15 is 0 Å². The number of carbonyl (C=O) groups excluding carboxylic acids is 1. The van der Waals surface area contributed by atoms with Gasteiger partial charge >= 0.3 is 0 Å². The van der Waals surface area contributed by atoms with Gasteiger partial charge in [0.05, 0.1) is 0 Å². The Bertz CT molecular complexity index is 287. The van der Waals surface area contributed by atoms with Crippen LogP contribution in [0.15, 0.2) is 36.9 Å². The monoisotopic (exact) mass is 164 g/mol. The second-order valence-electron chi connectivity index (χ2n) is 2.42. The van der Waals surface area contributed by atoms with Crippen LogP contribution in [0.25, 0.3) is 0 Å². The molecule has 0 bridgehead atoms. The Kier molecular flexibility index (Phi) is 2.75. The van der Waals surface area contributed by atoms with Crippen LogP contribution in [0.3, 0.4) is 0 Å². The molecule has 0 saturated carbocycles. The summed E-state index contributed by atoms with van der Waals surface area (Å²) in [5.41, 5.74) is 0.524. The molecule has 1 nitrogen and oxygen atoms in total. The van der Waals surface area contributed by atoms with Crippen molar-refractivity contribution in [1.29, 1.82) is 0 Å². The number of carbonyl (C=O) groups is 1. The van der Waals surface area contributed by atoms with Gasteiger partial charge in [-0.15, -0.1) is 6.58 Å². The lowest BCUT2D eigenvalue weighted by Gasteiger charge is -1.95. The van der Waals surface area contributed by atoms with Gasteiger partial charge in [-0.25, -0.2) is 4.39 Å². The average Bonchev–Trinajstić information content (AvgIpc) is 2.06. The summed E-state index contributed by atoms with van der Waals surface area (Å²) in [5.74, 6) is -0.366. The summed E-state index contributed by atoms with van der Waals surface area (Å²) in [6.07, 6.45) is 1.83. The third-order valence-corrected chi connectivity index (χ3v) is 1.50. The Balaban J connectivity index is 2.82. The van der Waals surface area contributed by atoms with Crippen molar-refractivity contribution in [2.75, 3.05) is 0 Å². The van der Waals surface area contributed by atoms with Crippen LogP contribution < -0.4 is 0 Å². The average molecular weight is 164 g/mol. The van der Waals surface area contributed by atoms with Crippen LogP contribution in [0.5, 0.6) is 0 Å². The molecular formula is C10H9FO. The first-order valence-corrected chi connectivity index (χ1v) is 3.63. The normalized spacial score (nSPS) is 9.42. The van der Waals surface area contributed by atoms with Crippen molar-refractivity contribution in [2.24, 2.45) is 0 Å². The van der Waals surface area contributed by atoms with Gasteiger partial charge in [0, 0.05) is 12.0 Å². The number of Topliss-reactive ketones (excluding diaryl/α,β-unsaturated/α-hetero) is 1. The van der Waals surface area contributed by atoms with E-state index in [0.29, 0.717) is 12.0 Å². The lowest BCUT2D eigenvalue weighted by molar-refractivity contribution is 0.0996. The van der Waals surface area contributed by atoms with Gasteiger partial charge in [-0.1, -0.05) is 6.08 Å². The van der Waals surface area contributed by atoms with Crippen molar-refractivity contribution in [3.8, 4) is 0 Å². The fourth-order valence-corrected chi connectivity index (χ4v) is 0.885. The number of ketones is 1. The van der Waals surface area contributed by atoms with Crippen LogP contribution in [-0.4, -0.2) is 5.78 Å². The van der Waals surface area contributed by atoms with Crippen molar-refractivity contribution < 1.29 is 9.18 Å². The zero-order valence-corrected chi connectivity index (χ0v) is 6.59. The zero-order valence-electron chi connectivity index (χ0n) is 6.59. The molecule has 1 aromatic rings. The topological polar surface area (TPSA) is 17.1 Å². The predicted octanol–water partition coefficient (Wildman–Crippen LogP) is 2.58. The molecule has 62 valence electrons. The summed E-state index contributed by atoms with van der Waals surface area (Å²) in [5, 5.41) is 0. The van der Waals surface area contributed by atoms with Crippen LogP contribution in [0, 0.1) is 5.82 Å². The van der Waals surface area contributed by atoms with Crippen molar-refractivity contribution in [3.05, 3.63) is 48.3 Å². The summed E-state index contributed by atoms with van der Waals surface area (Å²) in [6, 6.07) is 5.50. The minimum absolute atomic E-state index is 0.0370. The highest BCUT2D eigenvalue weighted by Crippen LogP contribution is 2.05. The number of hydrogen-bond acceptors (Lipinski definition) is 1. The highest BCUT2D eigenvalue weighted by molar-refractivity contribution is 5.96. The molecule has 1 rings (SSSR count). The first-order chi connectivity index (χ1) is 5.74. The van der Waals surface area contributed by atoms with Crippen molar-refractivity contribution in [1.82, 2.24) is 0 Å². The van der Waals surface area contributed by atoms with E-state index in [1.54, 1.807) is 0 Å². The quantitative estimate of drug-likeness (QED) is 0.495. The second-order valence-corrected chi connectivity index (χ2v) is 2.42. The standard InChI is InChI=1S/C10H9FO/c1-2-3-10(12)8-4-6-9(11)7-5-8/h2,4-7H,1,3H2. The molecule has 0 unspecified atom stereocenters. The third kappa shape index (κ3) is 2.02. The van der Waals surface area contributed by atoms with Gasteiger partial charge in [-0.3, -0.25) is 4.79 Å². The molecule has 12 heavy (non-hydrogen) atoms. The molecule has 0 fully saturated rings. The Morgan fingerprint density at radius 2 is 2.00 bits per heavy atom. The van der Waals surface area contributed by atoms with E-state index in [2.05, 4.69) is 6.58 Å². The molecule has 0 aliphatic heterocycles. The summed E-state index contributed by atoms with van der Waals surface area (Å²) in [6.45, 7) is 3.45. The van der Waals surface area contributed by atoms with Gasteiger partial charge in [0.2, 0.25) is 0 Å². The molecule has 0 amide bonds. The molecule has 0 aliphatic rings. The summed E-state index contributed by atoms with van der Waals surface area (Å²) < 4.78 is 12.4. The van der Waals surface area contributed by atoms with Crippen LogP contribution in [0.4, 0.5) is 4.39 Å². The maximum Gasteiger partial charge on any atom is 0.166 e. The maximum absolute atomic E-state index is 12.4. The Hall–Kier alpha value is -1.44. The van der Waals surface area contributed by atoms with Crippen LogP contribution in [0.1, 0.15) is 16.8 Å². The number of halogens is 1. The van der Waals surface area contributed by atoms with Crippen molar-refractivity contribution in [2.45, 2.75) is 6.42 Å². The molecule has 0 heterocycles. The molecule has 2 heteroatoms. The van der Waals surface area contributed by atoms with E-state index in [-0.39, 0.29) is 11.6 Å². The van der Waals surface area contributed by atoms with Crippen LogP contribution >= 0.6 is 0 Å². The first kappa shape index (κ1) is 8.65. The molecule has 0 aliphatic carbocycles. The van der Waals surface area contributed by atoms with Gasteiger partial charge in [0.1, 0.15) is 5.82 Å². The van der Waals surface area contributed by atoms with Gasteiger partial charge in [-0.05, 0) is 24.3 Å². The Morgan fingerprint density at radius 1 is 1.42 bits per heavy atom. The largest absolute Gasteiger partial charge is 0.294 e. The van der Waals surface area contributed by atoms with E-state index in [0.717, 1.165) is 0 Å². The summed E-state index contributed by atoms with van der Waals surface area (Å²) >= 11 is 0. The van der Waals surface area contributed by atoms with Crippen molar-refractivity contribution in [3.63, 3.8) is 0 Å². The Morgan fingerprint density at radius 3 is 2.50 bits per heavy atom. The van der Waals surface area contributed by atoms with Crippen LogP contribution in [0.2, 0.25) is 0 Å². The van der Waals surface area contributed by atoms with Crippen LogP contribution in [-0.2, 0) is 0 Å². The van der Waals surface area contributed by atoms with Crippen molar-refractivity contribution >= 4 is 5.78 Å². The number of rotatable bonds is 3. The van der Waals surface area contributed by atoms with E-state index in [4.69, 9.17) is 0 Å². The fourth-order valence-electron chi connectivity index (χ4n) is 0.885. The molecular weight excluding hydrogens is 155 g/mol. The molecule has 0 atom stereocenters. The van der Waals surface area contributed by atoms with Gasteiger partial charge in [-0.2, -0.15) is 0 Å². The molecule has 0 N–H and O–H groups in total. The van der Waals surface area contributed by atoms with Gasteiger partial charge < -0.3 is 0 Å². The number of allylic oxidation sites excluding steroid dienone is 1. The number of hydrogen-bond donors (Lipinski definition) is 0. The first-order valence-electron chi connectivity index (χ1n) is 3.63. The smallest absolute Gasteiger partial charge is 0.166 e. The third-order valence-electron chi connectivity index (χ3n) is 1.50. The summed E-state index contributed by atoms with van der Waals surface area (Å²) in [7, 11) is 0. The highest BCUT2D eigenvalue weighted by Gasteiger charge is 2.01. The van der Waals surface area contributed by atoms with E-state index < -0.39 is 0 Å². The summed E-state index contributed by atoms with van der Waals surface area (Å²) in [4.78, 5) is 11.2. The molecule has 1 aromatic carbocycles. The SMILES string of the molecule is C=CCC(=O)c1ccc(F)cc1. The minimum Gasteiger partial charge on any atom is -0.294 e. The lowest BCUT2D eigenvalue weighted by Crippen LogP contribution is -1.96. The van der Waals surface area contributed by atoms with E-state index in [9.17, 15) is 9.18 Å². The molecule has 0 spiro atoms. The second kappa shape index (κ2) is 3.81. The number of benzene rings is 1. The predicted molar refractivity (Wildman–Crippen MR) is 45.5 cm³/mol. The minimum atomic E-state index is -0.329. The zero-order chi connectivity index (χ0) is 8.97. The van der Waals surface area contributed by atoms with Gasteiger partial charge in [0.15, 0.2) is 5.78 Å². The van der Waals surface area contributed by atoms with Gasteiger partial charge in [0.25, 0.3) is 0 Å². The van der Waals surface area contributed by atoms with E-state index in [1.807, 2.05) is 0 Å². The fraction of sp³-hybridized carbons (Fsp3) is 0.100. The molecule has 0 saturated heterocycles. The lowest BCUT2D eigenvalue weighted by atomic mass is 10.1. The maximum atomic E-state index is 12.4. The Labute approximate surface area is 70.5 Å². The van der Waals surface area contributed by atoms with E-state index in [1.165, 1.54) is 30.3 Å².